The summed E-state index contributed by atoms with van der Waals surface area (Å²) in [5, 5.41) is 5.98. The number of nitrogens with one attached hydrogen (secondary N) is 1. The second-order valence-electron chi connectivity index (χ2n) is 6.13. The first-order valence-electron chi connectivity index (χ1n) is 8.46. The molecule has 0 fully saturated rings. The molecule has 0 aliphatic rings. The molecule has 1 N–H and O–H groups in total. The van der Waals surface area contributed by atoms with Gasteiger partial charge in [-0.15, -0.1) is 11.3 Å². The Morgan fingerprint density at radius 2 is 2.00 bits per heavy atom. The van der Waals surface area contributed by atoms with Crippen LogP contribution in [-0.4, -0.2) is 10.9 Å². The van der Waals surface area contributed by atoms with E-state index in [-0.39, 0.29) is 11.5 Å². The van der Waals surface area contributed by atoms with Crippen molar-refractivity contribution in [3.63, 3.8) is 0 Å². The summed E-state index contributed by atoms with van der Waals surface area (Å²) in [5.41, 5.74) is 4.27. The van der Waals surface area contributed by atoms with Crippen molar-refractivity contribution < 1.29 is 9.21 Å². The van der Waals surface area contributed by atoms with Crippen molar-refractivity contribution in [3.8, 4) is 0 Å². The highest BCUT2D eigenvalue weighted by molar-refractivity contribution is 7.13. The Kier molecular flexibility index (Phi) is 4.56. The van der Waals surface area contributed by atoms with E-state index in [9.17, 15) is 4.79 Å². The van der Waals surface area contributed by atoms with Gasteiger partial charge in [0.1, 0.15) is 11.1 Å². The van der Waals surface area contributed by atoms with Crippen LogP contribution in [0.5, 0.6) is 0 Å². The third kappa shape index (κ3) is 3.52. The first-order valence-corrected chi connectivity index (χ1v) is 9.34. The minimum atomic E-state index is -0.302. The third-order valence-corrected chi connectivity index (χ3v) is 5.04. The summed E-state index contributed by atoms with van der Waals surface area (Å²) in [6.07, 6.45) is 1.65. The first-order chi connectivity index (χ1) is 13.1. The molecule has 0 saturated heterocycles. The Hall–Kier alpha value is -3.25. The van der Waals surface area contributed by atoms with Gasteiger partial charge in [-0.05, 0) is 43.2 Å². The number of benzene rings is 2. The molecule has 27 heavy (non-hydrogen) atoms. The number of thiazole rings is 1. The summed E-state index contributed by atoms with van der Waals surface area (Å²) in [7, 11) is 0. The highest BCUT2D eigenvalue weighted by atomic mass is 32.1. The number of nitrogens with zero attached hydrogens (tertiary/aromatic N) is 2. The summed E-state index contributed by atoms with van der Waals surface area (Å²) in [6, 6.07) is 15.2. The molecule has 0 bridgehead atoms. The summed E-state index contributed by atoms with van der Waals surface area (Å²) in [5.74, 6) is -0.302. The number of carbonyl (C=O) groups excluding carboxylic acids is 1. The number of hydrogen-bond donors (Lipinski definition) is 1. The zero-order chi connectivity index (χ0) is 18.8. The van der Waals surface area contributed by atoms with Crippen LogP contribution in [-0.2, 0) is 0 Å². The van der Waals surface area contributed by atoms with Gasteiger partial charge in [0.25, 0.3) is 5.91 Å². The van der Waals surface area contributed by atoms with Crippen molar-refractivity contribution in [1.29, 1.82) is 0 Å². The Bertz CT molecular complexity index is 1190. The van der Waals surface area contributed by atoms with Crippen LogP contribution in [0.25, 0.3) is 11.0 Å². The average molecular weight is 375 g/mol. The SMILES string of the molecule is Cc1cccc(N=c2oc3ccccc3cc2C(=O)Nc2nccs2)c1C. The highest BCUT2D eigenvalue weighted by Gasteiger charge is 2.14. The lowest BCUT2D eigenvalue weighted by atomic mass is 10.1. The topological polar surface area (TPSA) is 67.5 Å². The maximum absolute atomic E-state index is 12.9. The number of aryl methyl sites for hydroxylation is 1. The molecule has 4 rings (SSSR count). The molecule has 0 spiro atoms. The van der Waals surface area contributed by atoms with Gasteiger partial charge in [-0.3, -0.25) is 10.1 Å². The van der Waals surface area contributed by atoms with E-state index < -0.39 is 0 Å². The minimum Gasteiger partial charge on any atom is -0.438 e. The third-order valence-electron chi connectivity index (χ3n) is 4.35. The molecular formula is C21H17N3O2S. The van der Waals surface area contributed by atoms with Gasteiger partial charge >= 0.3 is 0 Å². The van der Waals surface area contributed by atoms with Gasteiger partial charge in [0, 0.05) is 17.0 Å². The second-order valence-corrected chi connectivity index (χ2v) is 7.02. The largest absolute Gasteiger partial charge is 0.438 e. The van der Waals surface area contributed by atoms with Crippen molar-refractivity contribution in [2.75, 3.05) is 5.32 Å². The molecule has 2 heterocycles. The molecule has 1 amide bonds. The van der Waals surface area contributed by atoms with Gasteiger partial charge < -0.3 is 4.42 Å². The normalized spacial score (nSPS) is 11.7. The van der Waals surface area contributed by atoms with Crippen molar-refractivity contribution >= 4 is 39.0 Å². The maximum atomic E-state index is 12.9. The van der Waals surface area contributed by atoms with Crippen LogP contribution in [0.1, 0.15) is 21.5 Å². The molecular weight excluding hydrogens is 358 g/mol. The summed E-state index contributed by atoms with van der Waals surface area (Å²) < 4.78 is 5.99. The fraction of sp³-hybridized carbons (Fsp3) is 0.0952. The number of fused-ring (bicyclic) bond motifs is 1. The number of para-hydroxylation sites is 1. The maximum Gasteiger partial charge on any atom is 0.262 e. The lowest BCUT2D eigenvalue weighted by Crippen LogP contribution is -2.21. The second kappa shape index (κ2) is 7.17. The molecule has 0 unspecified atom stereocenters. The van der Waals surface area contributed by atoms with E-state index >= 15 is 0 Å². The van der Waals surface area contributed by atoms with E-state index in [0.29, 0.717) is 16.3 Å². The Balaban J connectivity index is 1.90. The van der Waals surface area contributed by atoms with E-state index in [1.165, 1.54) is 11.3 Å². The van der Waals surface area contributed by atoms with Gasteiger partial charge in [0.15, 0.2) is 5.13 Å². The Morgan fingerprint density at radius 1 is 1.15 bits per heavy atom. The van der Waals surface area contributed by atoms with Gasteiger partial charge in [-0.1, -0.05) is 30.3 Å². The van der Waals surface area contributed by atoms with Crippen molar-refractivity contribution in [3.05, 3.63) is 82.4 Å². The zero-order valence-corrected chi connectivity index (χ0v) is 15.7. The molecule has 5 nitrogen and oxygen atoms in total. The number of carbonyl (C=O) groups is 1. The highest BCUT2D eigenvalue weighted by Crippen LogP contribution is 2.22. The van der Waals surface area contributed by atoms with Crippen LogP contribution in [0.2, 0.25) is 0 Å². The monoisotopic (exact) mass is 375 g/mol. The first kappa shape index (κ1) is 17.2. The standard InChI is InChI=1S/C21H17N3O2S/c1-13-6-5-8-17(14(13)2)23-20-16(19(25)24-21-22-10-11-27-21)12-15-7-3-4-9-18(15)26-20/h3-12H,1-2H3,(H,22,24,25). The number of aromatic nitrogens is 1. The Labute approximate surface area is 160 Å². The quantitative estimate of drug-likeness (QED) is 0.548. The molecule has 134 valence electrons. The molecule has 0 aliphatic heterocycles. The van der Waals surface area contributed by atoms with Crippen LogP contribution in [0, 0.1) is 13.8 Å². The molecule has 6 heteroatoms. The van der Waals surface area contributed by atoms with Crippen LogP contribution in [0.3, 0.4) is 0 Å². The van der Waals surface area contributed by atoms with Gasteiger partial charge in [0.05, 0.1) is 5.69 Å². The Morgan fingerprint density at radius 3 is 2.81 bits per heavy atom. The van der Waals surface area contributed by atoms with Gasteiger partial charge in [-0.2, -0.15) is 0 Å². The van der Waals surface area contributed by atoms with Gasteiger partial charge in [0.2, 0.25) is 5.55 Å². The predicted octanol–water partition coefficient (Wildman–Crippen LogP) is 4.99. The van der Waals surface area contributed by atoms with Gasteiger partial charge in [-0.25, -0.2) is 9.98 Å². The van der Waals surface area contributed by atoms with E-state index in [1.807, 2.05) is 61.7 Å². The minimum absolute atomic E-state index is 0.274. The van der Waals surface area contributed by atoms with E-state index in [2.05, 4.69) is 15.3 Å². The molecule has 2 aromatic carbocycles. The number of amides is 1. The number of rotatable bonds is 3. The molecule has 0 aliphatic carbocycles. The summed E-state index contributed by atoms with van der Waals surface area (Å²) in [6.45, 7) is 4.03. The lowest BCUT2D eigenvalue weighted by molar-refractivity contribution is 0.102. The van der Waals surface area contributed by atoms with E-state index in [4.69, 9.17) is 4.42 Å². The number of hydrogen-bond acceptors (Lipinski definition) is 5. The fourth-order valence-electron chi connectivity index (χ4n) is 2.73. The lowest BCUT2D eigenvalue weighted by Gasteiger charge is -2.06. The number of anilines is 1. The zero-order valence-electron chi connectivity index (χ0n) is 14.9. The smallest absolute Gasteiger partial charge is 0.262 e. The fourth-order valence-corrected chi connectivity index (χ4v) is 3.25. The van der Waals surface area contributed by atoms with Crippen LogP contribution < -0.4 is 10.9 Å². The molecule has 0 saturated carbocycles. The van der Waals surface area contributed by atoms with E-state index in [1.54, 1.807) is 12.3 Å². The van der Waals surface area contributed by atoms with Crippen LogP contribution >= 0.6 is 11.3 Å². The van der Waals surface area contributed by atoms with Crippen molar-refractivity contribution in [2.45, 2.75) is 13.8 Å². The van der Waals surface area contributed by atoms with Crippen LogP contribution in [0.4, 0.5) is 10.8 Å². The van der Waals surface area contributed by atoms with E-state index in [0.717, 1.165) is 22.2 Å². The molecule has 0 atom stereocenters. The molecule has 0 radical (unpaired) electrons. The summed E-state index contributed by atoms with van der Waals surface area (Å²) in [4.78, 5) is 21.6. The van der Waals surface area contributed by atoms with Crippen molar-refractivity contribution in [1.82, 2.24) is 4.98 Å². The molecule has 4 aromatic rings. The predicted molar refractivity (Wildman–Crippen MR) is 107 cm³/mol. The summed E-state index contributed by atoms with van der Waals surface area (Å²) >= 11 is 1.36. The van der Waals surface area contributed by atoms with Crippen molar-refractivity contribution in [2.24, 2.45) is 4.99 Å². The van der Waals surface area contributed by atoms with Crippen LogP contribution in [0.15, 0.2) is 69.5 Å². The average Bonchev–Trinajstić information content (AvgIpc) is 3.18. The molecule has 2 aromatic heterocycles.